The normalized spacial score (nSPS) is 16.3. The van der Waals surface area contributed by atoms with E-state index >= 15 is 0 Å². The number of fused-ring (bicyclic) bond motifs is 4. The largest absolute Gasteiger partial charge is 0.491 e. The van der Waals surface area contributed by atoms with Crippen molar-refractivity contribution in [2.24, 2.45) is 0 Å². The summed E-state index contributed by atoms with van der Waals surface area (Å²) in [5.41, 5.74) is 7.41. The Morgan fingerprint density at radius 3 is 2.87 bits per heavy atom. The van der Waals surface area contributed by atoms with Crippen molar-refractivity contribution in [3.8, 4) is 5.75 Å². The lowest BCUT2D eigenvalue weighted by atomic mass is 10.0. The molecule has 0 fully saturated rings. The van der Waals surface area contributed by atoms with E-state index in [0.29, 0.717) is 27.7 Å². The van der Waals surface area contributed by atoms with Gasteiger partial charge in [-0.15, -0.1) is 0 Å². The van der Waals surface area contributed by atoms with Crippen molar-refractivity contribution in [2.75, 3.05) is 19.4 Å². The molecule has 1 aliphatic rings. The summed E-state index contributed by atoms with van der Waals surface area (Å²) in [7, 11) is 1.57. The van der Waals surface area contributed by atoms with Gasteiger partial charge in [-0.2, -0.15) is 13.2 Å². The topological polar surface area (TPSA) is 85.8 Å². The van der Waals surface area contributed by atoms with Gasteiger partial charge >= 0.3 is 6.18 Å². The van der Waals surface area contributed by atoms with Crippen LogP contribution in [0.1, 0.15) is 28.9 Å². The average molecular weight is 428 g/mol. The Morgan fingerprint density at radius 2 is 2.10 bits per heavy atom. The number of nitrogens with two attached hydrogens (primary N) is 1. The van der Waals surface area contributed by atoms with Gasteiger partial charge in [-0.05, 0) is 30.3 Å². The van der Waals surface area contributed by atoms with Gasteiger partial charge in [0, 0.05) is 18.2 Å². The summed E-state index contributed by atoms with van der Waals surface area (Å²) in [6, 6.07) is 7.61. The van der Waals surface area contributed by atoms with Crippen LogP contribution in [0.25, 0.3) is 16.6 Å². The number of carbonyl (C=O) groups excluding carboxylic acids is 1. The molecule has 0 saturated heterocycles. The number of halogens is 3. The van der Waals surface area contributed by atoms with Gasteiger partial charge in [0.25, 0.3) is 5.91 Å². The predicted octanol–water partition coefficient (Wildman–Crippen LogP) is 3.69. The molecule has 31 heavy (non-hydrogen) atoms. The lowest BCUT2D eigenvalue weighted by Crippen LogP contribution is -2.32. The van der Waals surface area contributed by atoms with Gasteiger partial charge in [0.15, 0.2) is 0 Å². The van der Waals surface area contributed by atoms with E-state index in [9.17, 15) is 18.0 Å². The van der Waals surface area contributed by atoms with Gasteiger partial charge in [0.05, 0.1) is 36.5 Å². The monoisotopic (exact) mass is 428 g/mol. The van der Waals surface area contributed by atoms with E-state index in [-0.39, 0.29) is 30.3 Å². The molecule has 0 spiro atoms. The molecule has 0 unspecified atom stereocenters. The van der Waals surface area contributed by atoms with Crippen LogP contribution in [0.15, 0.2) is 48.9 Å². The first-order valence-electron chi connectivity index (χ1n) is 9.79. The van der Waals surface area contributed by atoms with Gasteiger partial charge < -0.3 is 15.4 Å². The Balaban J connectivity index is 1.50. The number of likely N-dealkylation sites (N-methyl/N-ethyl adjacent to an activating group) is 1. The number of imidazole rings is 1. The quantitative estimate of drug-likeness (QED) is 0.526. The molecule has 1 atom stereocenters. The number of rotatable bonds is 2. The fraction of sp³-hybridized carbons (Fsp3) is 0.190. The van der Waals surface area contributed by atoms with Crippen molar-refractivity contribution in [2.45, 2.75) is 12.2 Å². The van der Waals surface area contributed by atoms with E-state index in [1.165, 1.54) is 17.3 Å². The van der Waals surface area contributed by atoms with Crippen molar-refractivity contribution < 1.29 is 24.1 Å². The Hall–Kier alpha value is -3.82. The maximum Gasteiger partial charge on any atom is 0.416 e. The first-order valence-corrected chi connectivity index (χ1v) is 9.29. The fourth-order valence-electron chi connectivity index (χ4n) is 3.78. The summed E-state index contributed by atoms with van der Waals surface area (Å²) in [5, 5.41) is 0. The number of ether oxygens (including phenoxy) is 1. The zero-order valence-corrected chi connectivity index (χ0v) is 16.1. The van der Waals surface area contributed by atoms with Crippen LogP contribution in [0.3, 0.4) is 0 Å². The predicted molar refractivity (Wildman–Crippen MR) is 107 cm³/mol. The molecule has 1 aliphatic heterocycles. The van der Waals surface area contributed by atoms with Crippen LogP contribution in [0.5, 0.6) is 5.75 Å². The first kappa shape index (κ1) is 18.0. The molecule has 5 rings (SSSR count). The SMILES string of the molecule is [2H]c1ncn2c1c(N)nc1ccc(C(=O)N(C)[C@@H]3COc4cc(C(F)(F)F)ccc43)cc12. The molecule has 0 bridgehead atoms. The van der Waals surface area contributed by atoms with Crippen LogP contribution in [0.4, 0.5) is 19.0 Å². The Morgan fingerprint density at radius 1 is 1.29 bits per heavy atom. The number of aromatic nitrogens is 3. The summed E-state index contributed by atoms with van der Waals surface area (Å²) < 4.78 is 53.9. The van der Waals surface area contributed by atoms with E-state index in [0.717, 1.165) is 12.1 Å². The molecular weight excluding hydrogens is 411 g/mol. The van der Waals surface area contributed by atoms with Crippen LogP contribution < -0.4 is 10.5 Å². The highest BCUT2D eigenvalue weighted by Gasteiger charge is 2.36. The van der Waals surface area contributed by atoms with Crippen LogP contribution in [-0.4, -0.2) is 38.8 Å². The number of alkyl halides is 3. The summed E-state index contributed by atoms with van der Waals surface area (Å²) in [6.45, 7) is 0.0541. The molecule has 158 valence electrons. The molecule has 3 heterocycles. The summed E-state index contributed by atoms with van der Waals surface area (Å²) in [6.07, 6.45) is -3.06. The third-order valence-electron chi connectivity index (χ3n) is 5.43. The molecule has 0 radical (unpaired) electrons. The average Bonchev–Trinajstić information content (AvgIpc) is 3.35. The number of anilines is 1. The fourth-order valence-corrected chi connectivity index (χ4v) is 3.78. The molecule has 1 amide bonds. The van der Waals surface area contributed by atoms with Crippen molar-refractivity contribution in [3.63, 3.8) is 0 Å². The number of nitrogens with zero attached hydrogens (tertiary/aromatic N) is 4. The smallest absolute Gasteiger partial charge is 0.416 e. The van der Waals surface area contributed by atoms with Crippen molar-refractivity contribution >= 4 is 28.3 Å². The number of amides is 1. The Kier molecular flexibility index (Phi) is 3.83. The molecular formula is C21H16F3N5O2. The second-order valence-corrected chi connectivity index (χ2v) is 7.27. The Bertz CT molecular complexity index is 1400. The Labute approximate surface area is 175 Å². The summed E-state index contributed by atoms with van der Waals surface area (Å²) in [4.78, 5) is 22.9. The first-order chi connectivity index (χ1) is 15.1. The zero-order chi connectivity index (χ0) is 22.8. The molecule has 2 aromatic heterocycles. The number of hydrogen-bond donors (Lipinski definition) is 1. The van der Waals surface area contributed by atoms with Crippen LogP contribution in [-0.2, 0) is 6.18 Å². The number of carbonyl (C=O) groups is 1. The molecule has 2 N–H and O–H groups in total. The standard InChI is InChI=1S/C21H16F3N5O2/c1-28(17-9-31-18-7-12(21(22,23)24)3-4-13(17)18)20(30)11-2-5-14-15(6-11)29-10-26-8-16(29)19(25)27-14/h2-8,10,17H,9H2,1H3,(H2,25,27)/t17-/m1/s1/i8D. The second-order valence-electron chi connectivity index (χ2n) is 7.27. The van der Waals surface area contributed by atoms with Crippen molar-refractivity contribution in [1.82, 2.24) is 19.3 Å². The van der Waals surface area contributed by atoms with E-state index in [4.69, 9.17) is 11.8 Å². The molecule has 4 aromatic rings. The van der Waals surface area contributed by atoms with E-state index in [1.54, 1.807) is 29.6 Å². The van der Waals surface area contributed by atoms with E-state index in [1.807, 2.05) is 0 Å². The minimum Gasteiger partial charge on any atom is -0.491 e. The minimum atomic E-state index is -4.47. The maximum atomic E-state index is 13.2. The maximum absolute atomic E-state index is 13.2. The van der Waals surface area contributed by atoms with E-state index < -0.39 is 17.8 Å². The number of benzene rings is 2. The van der Waals surface area contributed by atoms with Crippen molar-refractivity contribution in [3.05, 3.63) is 65.6 Å². The third kappa shape index (κ3) is 3.02. The minimum absolute atomic E-state index is 0.0244. The molecule has 0 saturated carbocycles. The number of hydrogen-bond acceptors (Lipinski definition) is 5. The highest BCUT2D eigenvalue weighted by Crippen LogP contribution is 2.40. The van der Waals surface area contributed by atoms with Gasteiger partial charge in [-0.1, -0.05) is 6.07 Å². The van der Waals surface area contributed by atoms with Crippen LogP contribution in [0.2, 0.25) is 0 Å². The third-order valence-corrected chi connectivity index (χ3v) is 5.43. The second kappa shape index (κ2) is 6.59. The molecule has 2 aromatic carbocycles. The molecule has 0 aliphatic carbocycles. The van der Waals surface area contributed by atoms with Gasteiger partial charge in [0.2, 0.25) is 0 Å². The molecule has 7 nitrogen and oxygen atoms in total. The highest BCUT2D eigenvalue weighted by molar-refractivity contribution is 5.98. The van der Waals surface area contributed by atoms with Crippen LogP contribution >= 0.6 is 0 Å². The highest BCUT2D eigenvalue weighted by atomic mass is 19.4. The zero-order valence-electron chi connectivity index (χ0n) is 17.1. The summed E-state index contributed by atoms with van der Waals surface area (Å²) >= 11 is 0. The molecule has 10 heteroatoms. The van der Waals surface area contributed by atoms with Crippen molar-refractivity contribution in [1.29, 1.82) is 0 Å². The van der Waals surface area contributed by atoms with Gasteiger partial charge in [-0.3, -0.25) is 9.20 Å². The summed E-state index contributed by atoms with van der Waals surface area (Å²) in [5.74, 6) is -0.0654. The van der Waals surface area contributed by atoms with Gasteiger partial charge in [-0.25, -0.2) is 9.97 Å². The lowest BCUT2D eigenvalue weighted by Gasteiger charge is -2.24. The van der Waals surface area contributed by atoms with E-state index in [2.05, 4.69) is 9.97 Å². The lowest BCUT2D eigenvalue weighted by molar-refractivity contribution is -0.137. The number of nitrogen functional groups attached to an aromatic ring is 1. The van der Waals surface area contributed by atoms with Crippen LogP contribution in [0, 0.1) is 0 Å². The van der Waals surface area contributed by atoms with Gasteiger partial charge in [0.1, 0.15) is 23.7 Å².